The summed E-state index contributed by atoms with van der Waals surface area (Å²) >= 11 is 5.85. The third-order valence-electron chi connectivity index (χ3n) is 2.40. The van der Waals surface area contributed by atoms with Crippen LogP contribution in [0.4, 0.5) is 5.82 Å². The molecule has 1 heterocycles. The van der Waals surface area contributed by atoms with Crippen molar-refractivity contribution in [1.82, 2.24) is 9.97 Å². The van der Waals surface area contributed by atoms with Crippen molar-refractivity contribution < 1.29 is 9.47 Å². The molecule has 0 saturated heterocycles. The molecule has 17 heavy (non-hydrogen) atoms. The summed E-state index contributed by atoms with van der Waals surface area (Å²) in [5, 5.41) is 3.92. The molecule has 0 bridgehead atoms. The van der Waals surface area contributed by atoms with Gasteiger partial charge in [0, 0.05) is 19.2 Å². The maximum atomic E-state index is 5.85. The molecule has 0 fully saturated rings. The van der Waals surface area contributed by atoms with E-state index in [1.807, 2.05) is 0 Å². The predicted octanol–water partition coefficient (Wildman–Crippen LogP) is 2.34. The number of benzene rings is 1. The number of ether oxygens (including phenoxy) is 2. The van der Waals surface area contributed by atoms with Crippen LogP contribution in [-0.4, -0.2) is 31.2 Å². The Morgan fingerprint density at radius 2 is 1.94 bits per heavy atom. The third-order valence-corrected chi connectivity index (χ3v) is 2.57. The molecule has 0 unspecified atom stereocenters. The summed E-state index contributed by atoms with van der Waals surface area (Å²) in [4.78, 5) is 8.26. The van der Waals surface area contributed by atoms with E-state index in [9.17, 15) is 0 Å². The Hall–Kier alpha value is -1.75. The highest BCUT2D eigenvalue weighted by atomic mass is 35.5. The molecule has 0 atom stereocenters. The molecule has 2 rings (SSSR count). The summed E-state index contributed by atoms with van der Waals surface area (Å²) in [6.45, 7) is 0. The van der Waals surface area contributed by atoms with Crippen molar-refractivity contribution in [1.29, 1.82) is 0 Å². The lowest BCUT2D eigenvalue weighted by molar-refractivity contribution is 0.398. The molecule has 0 spiro atoms. The minimum Gasteiger partial charge on any atom is -0.497 e. The maximum Gasteiger partial charge on any atom is 0.224 e. The zero-order chi connectivity index (χ0) is 12.4. The molecule has 2 aromatic rings. The average molecular weight is 254 g/mol. The molecule has 0 amide bonds. The van der Waals surface area contributed by atoms with E-state index in [1.54, 1.807) is 33.4 Å². The molecule has 90 valence electrons. The Kier molecular flexibility index (Phi) is 3.19. The van der Waals surface area contributed by atoms with Crippen LogP contribution in [0, 0.1) is 0 Å². The van der Waals surface area contributed by atoms with E-state index in [1.165, 1.54) is 0 Å². The normalized spacial score (nSPS) is 10.4. The van der Waals surface area contributed by atoms with Crippen molar-refractivity contribution in [2.75, 3.05) is 26.6 Å². The molecule has 0 aliphatic carbocycles. The Balaban J connectivity index is 2.83. The third kappa shape index (κ3) is 2.06. The van der Waals surface area contributed by atoms with Crippen LogP contribution in [0.5, 0.6) is 11.5 Å². The molecule has 0 aliphatic heterocycles. The summed E-state index contributed by atoms with van der Waals surface area (Å²) in [6.07, 6.45) is 0. The van der Waals surface area contributed by atoms with E-state index < -0.39 is 0 Å². The molecule has 0 saturated carbocycles. The predicted molar refractivity (Wildman–Crippen MR) is 67.2 cm³/mol. The van der Waals surface area contributed by atoms with E-state index in [0.717, 1.165) is 5.39 Å². The van der Waals surface area contributed by atoms with Crippen LogP contribution in [0.1, 0.15) is 0 Å². The van der Waals surface area contributed by atoms with E-state index in [2.05, 4.69) is 15.3 Å². The molecule has 1 N–H and O–H groups in total. The number of rotatable bonds is 3. The van der Waals surface area contributed by atoms with Crippen LogP contribution in [0.15, 0.2) is 12.1 Å². The fourth-order valence-electron chi connectivity index (χ4n) is 1.63. The second-order valence-corrected chi connectivity index (χ2v) is 3.65. The summed E-state index contributed by atoms with van der Waals surface area (Å²) in [5.74, 6) is 1.92. The van der Waals surface area contributed by atoms with Gasteiger partial charge in [-0.05, 0) is 11.6 Å². The molecule has 5 nitrogen and oxygen atoms in total. The van der Waals surface area contributed by atoms with Crippen LogP contribution < -0.4 is 14.8 Å². The largest absolute Gasteiger partial charge is 0.497 e. The summed E-state index contributed by atoms with van der Waals surface area (Å²) in [7, 11) is 4.94. The molecule has 0 radical (unpaired) electrons. The van der Waals surface area contributed by atoms with Gasteiger partial charge >= 0.3 is 0 Å². The lowest BCUT2D eigenvalue weighted by atomic mass is 10.2. The number of aromatic nitrogens is 2. The summed E-state index contributed by atoms with van der Waals surface area (Å²) in [6, 6.07) is 3.56. The molecule has 1 aromatic carbocycles. The number of hydrogen-bond acceptors (Lipinski definition) is 5. The van der Waals surface area contributed by atoms with E-state index in [0.29, 0.717) is 22.8 Å². The van der Waals surface area contributed by atoms with Gasteiger partial charge in [0.1, 0.15) is 17.3 Å². The first kappa shape index (κ1) is 11.7. The number of hydrogen-bond donors (Lipinski definition) is 1. The lowest BCUT2D eigenvalue weighted by Crippen LogP contribution is -1.99. The zero-order valence-electron chi connectivity index (χ0n) is 9.74. The van der Waals surface area contributed by atoms with Gasteiger partial charge in [-0.2, -0.15) is 0 Å². The first-order chi connectivity index (χ1) is 8.19. The lowest BCUT2D eigenvalue weighted by Gasteiger charge is -2.11. The van der Waals surface area contributed by atoms with Gasteiger partial charge in [-0.3, -0.25) is 0 Å². The number of anilines is 1. The SMILES string of the molecule is CNc1nc(Cl)nc2cc(OC)cc(OC)c12. The highest BCUT2D eigenvalue weighted by molar-refractivity contribution is 6.29. The Labute approximate surface area is 104 Å². The smallest absolute Gasteiger partial charge is 0.224 e. The minimum atomic E-state index is 0.178. The second-order valence-electron chi connectivity index (χ2n) is 3.32. The van der Waals surface area contributed by atoms with Crippen molar-refractivity contribution >= 4 is 28.3 Å². The Morgan fingerprint density at radius 1 is 1.18 bits per heavy atom. The van der Waals surface area contributed by atoms with Crippen molar-refractivity contribution in [3.63, 3.8) is 0 Å². The fourth-order valence-corrected chi connectivity index (χ4v) is 1.81. The first-order valence-electron chi connectivity index (χ1n) is 4.96. The second kappa shape index (κ2) is 4.63. The van der Waals surface area contributed by atoms with E-state index >= 15 is 0 Å². The van der Waals surface area contributed by atoms with E-state index in [-0.39, 0.29) is 5.28 Å². The first-order valence-corrected chi connectivity index (χ1v) is 5.34. The highest BCUT2D eigenvalue weighted by Gasteiger charge is 2.12. The van der Waals surface area contributed by atoms with Crippen molar-refractivity contribution in [2.45, 2.75) is 0 Å². The highest BCUT2D eigenvalue weighted by Crippen LogP contribution is 2.34. The minimum absolute atomic E-state index is 0.178. The van der Waals surface area contributed by atoms with Crippen LogP contribution >= 0.6 is 11.6 Å². The number of nitrogens with one attached hydrogen (secondary N) is 1. The van der Waals surface area contributed by atoms with Gasteiger partial charge in [0.15, 0.2) is 0 Å². The Bertz CT molecular complexity index is 560. The molecule has 6 heteroatoms. The zero-order valence-corrected chi connectivity index (χ0v) is 10.5. The number of methoxy groups -OCH3 is 2. The maximum absolute atomic E-state index is 5.85. The van der Waals surface area contributed by atoms with Crippen molar-refractivity contribution in [3.8, 4) is 11.5 Å². The van der Waals surface area contributed by atoms with E-state index in [4.69, 9.17) is 21.1 Å². The summed E-state index contributed by atoms with van der Waals surface area (Å²) in [5.41, 5.74) is 0.672. The standard InChI is InChI=1S/C11H12ClN3O2/c1-13-10-9-7(14-11(12)15-10)4-6(16-2)5-8(9)17-3/h4-5H,1-3H3,(H,13,14,15). The van der Waals surface area contributed by atoms with Crippen molar-refractivity contribution in [2.24, 2.45) is 0 Å². The quantitative estimate of drug-likeness (QED) is 0.851. The van der Waals surface area contributed by atoms with Gasteiger partial charge < -0.3 is 14.8 Å². The van der Waals surface area contributed by atoms with Crippen LogP contribution in [0.2, 0.25) is 5.28 Å². The molecule has 0 aliphatic rings. The van der Waals surface area contributed by atoms with Gasteiger partial charge in [0.2, 0.25) is 5.28 Å². The van der Waals surface area contributed by atoms with Gasteiger partial charge in [-0.15, -0.1) is 0 Å². The van der Waals surface area contributed by atoms with Gasteiger partial charge in [0.05, 0.1) is 25.1 Å². The number of nitrogens with zero attached hydrogens (tertiary/aromatic N) is 2. The number of fused-ring (bicyclic) bond motifs is 1. The molecular weight excluding hydrogens is 242 g/mol. The number of halogens is 1. The van der Waals surface area contributed by atoms with Crippen LogP contribution in [-0.2, 0) is 0 Å². The van der Waals surface area contributed by atoms with Gasteiger partial charge in [-0.1, -0.05) is 0 Å². The van der Waals surface area contributed by atoms with Crippen LogP contribution in [0.25, 0.3) is 10.9 Å². The van der Waals surface area contributed by atoms with Crippen LogP contribution in [0.3, 0.4) is 0 Å². The average Bonchev–Trinajstić information content (AvgIpc) is 2.35. The monoisotopic (exact) mass is 253 g/mol. The van der Waals surface area contributed by atoms with Gasteiger partial charge in [0.25, 0.3) is 0 Å². The molecule has 1 aromatic heterocycles. The van der Waals surface area contributed by atoms with Gasteiger partial charge in [-0.25, -0.2) is 9.97 Å². The fraction of sp³-hybridized carbons (Fsp3) is 0.273. The van der Waals surface area contributed by atoms with Crippen molar-refractivity contribution in [3.05, 3.63) is 17.4 Å². The Morgan fingerprint density at radius 3 is 2.53 bits per heavy atom. The topological polar surface area (TPSA) is 56.3 Å². The summed E-state index contributed by atoms with van der Waals surface area (Å²) < 4.78 is 10.5. The molecular formula is C11H12ClN3O2.